The number of hydrogen-bond donors (Lipinski definition) is 2. The maximum absolute atomic E-state index is 4.38. The van der Waals surface area contributed by atoms with Crippen LogP contribution in [-0.4, -0.2) is 50.6 Å². The third-order valence-electron chi connectivity index (χ3n) is 4.93. The lowest BCUT2D eigenvalue weighted by molar-refractivity contribution is 0.183. The number of aliphatic imine (C=N–C) groups is 1. The average Bonchev–Trinajstić information content (AvgIpc) is 2.57. The van der Waals surface area contributed by atoms with Gasteiger partial charge in [-0.2, -0.15) is 0 Å². The van der Waals surface area contributed by atoms with Crippen LogP contribution in [0.5, 0.6) is 0 Å². The summed E-state index contributed by atoms with van der Waals surface area (Å²) in [5.74, 6) is 2.50. The summed E-state index contributed by atoms with van der Waals surface area (Å²) in [5, 5.41) is 7.05. The standard InChI is InChI=1S/C18H38N4/c1-5-8-10-16(6-2)13-20-18(19-4)21-14-17-11-9-12-22(7-3)15-17/h16-17H,5-15H2,1-4H3,(H2,19,20,21). The van der Waals surface area contributed by atoms with Gasteiger partial charge >= 0.3 is 0 Å². The molecule has 1 aliphatic rings. The van der Waals surface area contributed by atoms with Crippen molar-refractivity contribution in [3.63, 3.8) is 0 Å². The molecule has 1 aliphatic heterocycles. The normalized spacial score (nSPS) is 21.6. The fourth-order valence-corrected chi connectivity index (χ4v) is 3.25. The Kier molecular flexibility index (Phi) is 10.3. The fraction of sp³-hybridized carbons (Fsp3) is 0.944. The number of piperidine rings is 1. The Morgan fingerprint density at radius 1 is 1.27 bits per heavy atom. The zero-order chi connectivity index (χ0) is 16.2. The van der Waals surface area contributed by atoms with E-state index >= 15 is 0 Å². The molecule has 1 saturated heterocycles. The second-order valence-corrected chi connectivity index (χ2v) is 6.65. The molecular formula is C18H38N4. The first-order valence-electron chi connectivity index (χ1n) is 9.40. The highest BCUT2D eigenvalue weighted by Gasteiger charge is 2.18. The average molecular weight is 311 g/mol. The quantitative estimate of drug-likeness (QED) is 0.508. The van der Waals surface area contributed by atoms with Crippen LogP contribution in [0.25, 0.3) is 0 Å². The molecule has 130 valence electrons. The molecule has 0 aromatic heterocycles. The van der Waals surface area contributed by atoms with Crippen LogP contribution in [0.4, 0.5) is 0 Å². The lowest BCUT2D eigenvalue weighted by Gasteiger charge is -2.32. The second-order valence-electron chi connectivity index (χ2n) is 6.65. The van der Waals surface area contributed by atoms with Crippen molar-refractivity contribution in [3.05, 3.63) is 0 Å². The van der Waals surface area contributed by atoms with Crippen LogP contribution in [-0.2, 0) is 0 Å². The third kappa shape index (κ3) is 7.48. The SMILES string of the molecule is CCCCC(CC)CNC(=NC)NCC1CCCN(CC)C1. The predicted molar refractivity (Wildman–Crippen MR) is 97.5 cm³/mol. The molecule has 0 radical (unpaired) electrons. The van der Waals surface area contributed by atoms with Crippen molar-refractivity contribution >= 4 is 5.96 Å². The van der Waals surface area contributed by atoms with Crippen LogP contribution >= 0.6 is 0 Å². The van der Waals surface area contributed by atoms with Crippen LogP contribution < -0.4 is 10.6 Å². The highest BCUT2D eigenvalue weighted by Crippen LogP contribution is 2.15. The number of hydrogen-bond acceptors (Lipinski definition) is 2. The van der Waals surface area contributed by atoms with Crippen LogP contribution in [0.2, 0.25) is 0 Å². The predicted octanol–water partition coefficient (Wildman–Crippen LogP) is 3.10. The van der Waals surface area contributed by atoms with Crippen molar-refractivity contribution in [2.24, 2.45) is 16.8 Å². The Morgan fingerprint density at radius 2 is 2.09 bits per heavy atom. The lowest BCUT2D eigenvalue weighted by Crippen LogP contribution is -2.45. The molecule has 1 fully saturated rings. The van der Waals surface area contributed by atoms with E-state index in [2.05, 4.69) is 41.3 Å². The number of nitrogens with zero attached hydrogens (tertiary/aromatic N) is 2. The van der Waals surface area contributed by atoms with E-state index < -0.39 is 0 Å². The van der Waals surface area contributed by atoms with Crippen LogP contribution in [0.1, 0.15) is 59.3 Å². The smallest absolute Gasteiger partial charge is 0.190 e. The molecule has 2 N–H and O–H groups in total. The summed E-state index contributed by atoms with van der Waals surface area (Å²) in [4.78, 5) is 6.94. The molecule has 4 heteroatoms. The molecule has 1 heterocycles. The highest BCUT2D eigenvalue weighted by atomic mass is 15.2. The van der Waals surface area contributed by atoms with E-state index in [1.807, 2.05) is 7.05 Å². The van der Waals surface area contributed by atoms with Gasteiger partial charge in [0.1, 0.15) is 0 Å². The van der Waals surface area contributed by atoms with Gasteiger partial charge < -0.3 is 15.5 Å². The van der Waals surface area contributed by atoms with Gasteiger partial charge in [0.2, 0.25) is 0 Å². The molecular weight excluding hydrogens is 272 g/mol. The van der Waals surface area contributed by atoms with Crippen molar-refractivity contribution in [3.8, 4) is 0 Å². The van der Waals surface area contributed by atoms with Gasteiger partial charge in [0.15, 0.2) is 5.96 Å². The molecule has 22 heavy (non-hydrogen) atoms. The molecule has 0 spiro atoms. The van der Waals surface area contributed by atoms with E-state index in [0.717, 1.165) is 30.9 Å². The topological polar surface area (TPSA) is 39.7 Å². The van der Waals surface area contributed by atoms with Gasteiger partial charge in [-0.05, 0) is 44.2 Å². The first-order valence-corrected chi connectivity index (χ1v) is 9.40. The zero-order valence-electron chi connectivity index (χ0n) is 15.3. The van der Waals surface area contributed by atoms with E-state index in [9.17, 15) is 0 Å². The minimum atomic E-state index is 0.759. The Bertz CT molecular complexity index is 303. The summed E-state index contributed by atoms with van der Waals surface area (Å²) >= 11 is 0. The third-order valence-corrected chi connectivity index (χ3v) is 4.93. The van der Waals surface area contributed by atoms with Gasteiger partial charge in [0.05, 0.1) is 0 Å². The van der Waals surface area contributed by atoms with Crippen molar-refractivity contribution in [1.29, 1.82) is 0 Å². The van der Waals surface area contributed by atoms with Gasteiger partial charge in [0, 0.05) is 26.7 Å². The van der Waals surface area contributed by atoms with E-state index in [-0.39, 0.29) is 0 Å². The lowest BCUT2D eigenvalue weighted by atomic mass is 9.98. The Balaban J connectivity index is 2.27. The minimum Gasteiger partial charge on any atom is -0.356 e. The molecule has 0 saturated carbocycles. The first kappa shape index (κ1) is 19.3. The monoisotopic (exact) mass is 310 g/mol. The number of likely N-dealkylation sites (tertiary alicyclic amines) is 1. The molecule has 1 rings (SSSR count). The van der Waals surface area contributed by atoms with Gasteiger partial charge in [-0.25, -0.2) is 0 Å². The minimum absolute atomic E-state index is 0.759. The number of unbranched alkanes of at least 4 members (excludes halogenated alkanes) is 1. The Hall–Kier alpha value is -0.770. The Labute approximate surface area is 138 Å². The molecule has 4 nitrogen and oxygen atoms in total. The first-order chi connectivity index (χ1) is 10.7. The Morgan fingerprint density at radius 3 is 2.73 bits per heavy atom. The van der Waals surface area contributed by atoms with Crippen LogP contribution in [0.3, 0.4) is 0 Å². The van der Waals surface area contributed by atoms with E-state index in [0.29, 0.717) is 0 Å². The van der Waals surface area contributed by atoms with E-state index in [4.69, 9.17) is 0 Å². The summed E-state index contributed by atoms with van der Waals surface area (Å²) in [7, 11) is 1.88. The summed E-state index contributed by atoms with van der Waals surface area (Å²) in [6.45, 7) is 12.6. The van der Waals surface area contributed by atoms with Gasteiger partial charge in [-0.15, -0.1) is 0 Å². The molecule has 2 atom stereocenters. The van der Waals surface area contributed by atoms with Crippen molar-refractivity contribution in [2.45, 2.75) is 59.3 Å². The van der Waals surface area contributed by atoms with Gasteiger partial charge in [-0.3, -0.25) is 4.99 Å². The number of nitrogens with one attached hydrogen (secondary N) is 2. The van der Waals surface area contributed by atoms with Crippen molar-refractivity contribution in [2.75, 3.05) is 39.8 Å². The van der Waals surface area contributed by atoms with Crippen LogP contribution in [0, 0.1) is 11.8 Å². The summed E-state index contributed by atoms with van der Waals surface area (Å²) in [6.07, 6.45) is 7.87. The van der Waals surface area contributed by atoms with E-state index in [1.165, 1.54) is 58.2 Å². The maximum atomic E-state index is 4.38. The summed E-state index contributed by atoms with van der Waals surface area (Å²) < 4.78 is 0. The summed E-state index contributed by atoms with van der Waals surface area (Å²) in [5.41, 5.74) is 0. The molecule has 0 bridgehead atoms. The highest BCUT2D eigenvalue weighted by molar-refractivity contribution is 5.79. The second kappa shape index (κ2) is 11.8. The fourth-order valence-electron chi connectivity index (χ4n) is 3.25. The maximum Gasteiger partial charge on any atom is 0.190 e. The van der Waals surface area contributed by atoms with Crippen molar-refractivity contribution in [1.82, 2.24) is 15.5 Å². The molecule has 2 unspecified atom stereocenters. The van der Waals surface area contributed by atoms with Crippen molar-refractivity contribution < 1.29 is 0 Å². The summed E-state index contributed by atoms with van der Waals surface area (Å²) in [6, 6.07) is 0. The van der Waals surface area contributed by atoms with Gasteiger partial charge in [-0.1, -0.05) is 40.0 Å². The number of guanidine groups is 1. The van der Waals surface area contributed by atoms with Gasteiger partial charge in [0.25, 0.3) is 0 Å². The van der Waals surface area contributed by atoms with E-state index in [1.54, 1.807) is 0 Å². The number of rotatable bonds is 9. The molecule has 0 amide bonds. The molecule has 0 aromatic carbocycles. The zero-order valence-corrected chi connectivity index (χ0v) is 15.3. The van der Waals surface area contributed by atoms with Crippen LogP contribution in [0.15, 0.2) is 4.99 Å². The molecule has 0 aromatic rings. The largest absolute Gasteiger partial charge is 0.356 e. The molecule has 0 aliphatic carbocycles.